The number of ether oxygens (including phenoxy) is 2. The number of allylic oxidation sites excluding steroid dienone is 1. The molecule has 204 valence electrons. The molecule has 0 unspecified atom stereocenters. The minimum Gasteiger partial charge on any atom is -0.381 e. The Hall–Kier alpha value is -2.23. The van der Waals surface area contributed by atoms with Crippen LogP contribution in [-0.4, -0.2) is 50.8 Å². The number of nitrogens with one attached hydrogen (secondary N) is 1. The third kappa shape index (κ3) is 10.4. The van der Waals surface area contributed by atoms with E-state index in [0.717, 1.165) is 23.6 Å². The van der Waals surface area contributed by atoms with Gasteiger partial charge >= 0.3 is 0 Å². The summed E-state index contributed by atoms with van der Waals surface area (Å²) in [7, 11) is 1.57. The maximum absolute atomic E-state index is 14.1. The van der Waals surface area contributed by atoms with Crippen molar-refractivity contribution in [3.8, 4) is 0 Å². The van der Waals surface area contributed by atoms with Gasteiger partial charge < -0.3 is 19.6 Å². The number of alkyl halides is 3. The summed E-state index contributed by atoms with van der Waals surface area (Å²) in [5.74, 6) is -0.579. The molecule has 0 spiro atoms. The number of rotatable bonds is 10. The minimum absolute atomic E-state index is 0.0905. The molecule has 1 aromatic carbocycles. The molecule has 2 rings (SSSR count). The van der Waals surface area contributed by atoms with Gasteiger partial charge in [-0.05, 0) is 19.6 Å². The number of halogens is 4. The maximum Gasteiger partial charge on any atom is 0.266 e. The van der Waals surface area contributed by atoms with Crippen LogP contribution in [0.2, 0.25) is 0 Å². The minimum atomic E-state index is -2.86. The fourth-order valence-corrected chi connectivity index (χ4v) is 3.57. The third-order valence-corrected chi connectivity index (χ3v) is 5.61. The van der Waals surface area contributed by atoms with E-state index in [0.29, 0.717) is 44.7 Å². The van der Waals surface area contributed by atoms with E-state index in [1.165, 1.54) is 12.1 Å². The molecule has 1 aliphatic rings. The standard InChI is InChI=1S/C17H21ClF3N3.C7H12O3.C2H6/c1-4-12(14(5-2)24-10-18)17(22-3)23-9-11-7-6-8-13(15(11)19)16(20)21;1-9-7(6-8)2-4-10-5-3-7;1-2/h6-8,16,24H,3-5,9-10H2,1-2H3;6H,2-5H2,1H3;1-2H3/b14-12-,23-17?;;. The second kappa shape index (κ2) is 19.0. The maximum atomic E-state index is 14.1. The van der Waals surface area contributed by atoms with E-state index < -0.39 is 23.4 Å². The number of hydrogen-bond donors (Lipinski definition) is 1. The second-order valence-electron chi connectivity index (χ2n) is 7.39. The van der Waals surface area contributed by atoms with Crippen LogP contribution in [0.25, 0.3) is 0 Å². The molecule has 0 aliphatic carbocycles. The molecule has 1 fully saturated rings. The van der Waals surface area contributed by atoms with Gasteiger partial charge in [0.1, 0.15) is 11.4 Å². The fourth-order valence-electron chi connectivity index (χ4n) is 3.41. The van der Waals surface area contributed by atoms with Crippen molar-refractivity contribution in [2.45, 2.75) is 71.9 Å². The number of aliphatic imine (C=N–C) groups is 2. The fraction of sp³-hybridized carbons (Fsp3) is 0.577. The summed E-state index contributed by atoms with van der Waals surface area (Å²) in [4.78, 5) is 18.7. The van der Waals surface area contributed by atoms with E-state index >= 15 is 0 Å². The van der Waals surface area contributed by atoms with E-state index in [-0.39, 0.29) is 18.1 Å². The van der Waals surface area contributed by atoms with Crippen molar-refractivity contribution in [1.82, 2.24) is 5.32 Å². The van der Waals surface area contributed by atoms with Gasteiger partial charge in [0.2, 0.25) is 0 Å². The van der Waals surface area contributed by atoms with Crippen molar-refractivity contribution in [3.05, 3.63) is 46.4 Å². The average Bonchev–Trinajstić information content (AvgIpc) is 2.92. The summed E-state index contributed by atoms with van der Waals surface area (Å²) < 4.78 is 49.8. The number of nitrogens with zero attached hydrogens (tertiary/aromatic N) is 2. The van der Waals surface area contributed by atoms with Gasteiger partial charge in [-0.15, -0.1) is 11.6 Å². The van der Waals surface area contributed by atoms with Crippen LogP contribution in [-0.2, 0) is 20.8 Å². The van der Waals surface area contributed by atoms with Crippen LogP contribution in [0.15, 0.2) is 39.5 Å². The molecule has 36 heavy (non-hydrogen) atoms. The zero-order chi connectivity index (χ0) is 27.6. The van der Waals surface area contributed by atoms with Crippen molar-refractivity contribution >= 4 is 30.4 Å². The molecule has 0 amide bonds. The Morgan fingerprint density at radius 3 is 2.33 bits per heavy atom. The number of hydrogen-bond acceptors (Lipinski definition) is 5. The van der Waals surface area contributed by atoms with Crippen LogP contribution < -0.4 is 5.32 Å². The Morgan fingerprint density at radius 1 is 1.28 bits per heavy atom. The predicted octanol–water partition coefficient (Wildman–Crippen LogP) is 6.63. The van der Waals surface area contributed by atoms with E-state index in [1.807, 2.05) is 27.7 Å². The van der Waals surface area contributed by atoms with Crippen molar-refractivity contribution < 1.29 is 27.4 Å². The highest BCUT2D eigenvalue weighted by molar-refractivity contribution is 6.17. The summed E-state index contributed by atoms with van der Waals surface area (Å²) >= 11 is 5.71. The number of carbonyl (C=O) groups is 1. The Labute approximate surface area is 218 Å². The van der Waals surface area contributed by atoms with Crippen LogP contribution in [0.5, 0.6) is 0 Å². The SMILES string of the molecule is C=NC(=NCc1cccc(C(F)F)c1F)/C(CC)=C(/CC)NCCl.CC.COC1(C=O)CCOCC1. The molecule has 6 nitrogen and oxygen atoms in total. The number of benzene rings is 1. The lowest BCUT2D eigenvalue weighted by Gasteiger charge is -2.30. The Kier molecular flexibility index (Phi) is 17.8. The zero-order valence-electron chi connectivity index (χ0n) is 21.9. The summed E-state index contributed by atoms with van der Waals surface area (Å²) in [5, 5.41) is 3.03. The first-order valence-electron chi connectivity index (χ1n) is 12.0. The van der Waals surface area contributed by atoms with Gasteiger partial charge in [0.15, 0.2) is 12.1 Å². The highest BCUT2D eigenvalue weighted by atomic mass is 35.5. The first kappa shape index (κ1) is 33.8. The molecule has 0 bridgehead atoms. The van der Waals surface area contributed by atoms with Crippen LogP contribution in [0.4, 0.5) is 13.2 Å². The van der Waals surface area contributed by atoms with Gasteiger partial charge in [0.05, 0.1) is 18.1 Å². The van der Waals surface area contributed by atoms with Crippen LogP contribution in [0, 0.1) is 5.82 Å². The summed E-state index contributed by atoms with van der Waals surface area (Å²) in [6.07, 6.45) is 0.719. The van der Waals surface area contributed by atoms with Gasteiger partial charge in [-0.3, -0.25) is 4.99 Å². The lowest BCUT2D eigenvalue weighted by Crippen LogP contribution is -2.39. The van der Waals surface area contributed by atoms with Crippen molar-refractivity contribution in [2.24, 2.45) is 9.98 Å². The molecule has 1 N–H and O–H groups in total. The van der Waals surface area contributed by atoms with Crippen LogP contribution in [0.3, 0.4) is 0 Å². The first-order valence-corrected chi connectivity index (χ1v) is 12.5. The van der Waals surface area contributed by atoms with Gasteiger partial charge in [-0.25, -0.2) is 18.2 Å². The summed E-state index contributed by atoms with van der Waals surface area (Å²) in [6, 6.07) is 4.12. The lowest BCUT2D eigenvalue weighted by molar-refractivity contribution is -0.139. The Balaban J connectivity index is 0.000000845. The largest absolute Gasteiger partial charge is 0.381 e. The first-order chi connectivity index (χ1) is 17.3. The highest BCUT2D eigenvalue weighted by Gasteiger charge is 2.31. The molecule has 1 aliphatic heterocycles. The van der Waals surface area contributed by atoms with E-state index in [4.69, 9.17) is 21.1 Å². The molecular formula is C26H39ClF3N3O3. The molecule has 0 radical (unpaired) electrons. The smallest absolute Gasteiger partial charge is 0.266 e. The van der Waals surface area contributed by atoms with E-state index in [2.05, 4.69) is 22.0 Å². The molecule has 1 aromatic rings. The van der Waals surface area contributed by atoms with Crippen LogP contribution >= 0.6 is 11.6 Å². The summed E-state index contributed by atoms with van der Waals surface area (Å²) in [5.41, 5.74) is 0.616. The van der Waals surface area contributed by atoms with Crippen LogP contribution in [0.1, 0.15) is 70.9 Å². The number of aldehydes is 1. The van der Waals surface area contributed by atoms with Gasteiger partial charge in [-0.2, -0.15) is 0 Å². The number of methoxy groups -OCH3 is 1. The molecule has 10 heteroatoms. The Bertz CT molecular complexity index is 858. The normalized spacial score (nSPS) is 15.6. The Morgan fingerprint density at radius 2 is 1.92 bits per heavy atom. The van der Waals surface area contributed by atoms with E-state index in [1.54, 1.807) is 7.11 Å². The summed E-state index contributed by atoms with van der Waals surface area (Å²) in [6.45, 7) is 12.6. The number of amidine groups is 1. The lowest BCUT2D eigenvalue weighted by atomic mass is 9.96. The predicted molar refractivity (Wildman–Crippen MR) is 141 cm³/mol. The number of carbonyl (C=O) groups excluding carboxylic acids is 1. The molecular weight excluding hydrogens is 495 g/mol. The molecule has 0 aromatic heterocycles. The second-order valence-corrected chi connectivity index (χ2v) is 7.66. The monoisotopic (exact) mass is 533 g/mol. The molecule has 1 heterocycles. The van der Waals surface area contributed by atoms with Crippen molar-refractivity contribution in [3.63, 3.8) is 0 Å². The average molecular weight is 534 g/mol. The molecule has 0 atom stereocenters. The van der Waals surface area contributed by atoms with Gasteiger partial charge in [0.25, 0.3) is 6.43 Å². The molecule has 0 saturated carbocycles. The third-order valence-electron chi connectivity index (χ3n) is 5.47. The zero-order valence-corrected chi connectivity index (χ0v) is 22.6. The van der Waals surface area contributed by atoms with Crippen molar-refractivity contribution in [2.75, 3.05) is 26.3 Å². The van der Waals surface area contributed by atoms with E-state index in [9.17, 15) is 18.0 Å². The topological polar surface area (TPSA) is 72.3 Å². The van der Waals surface area contributed by atoms with Gasteiger partial charge in [0, 0.05) is 50.0 Å². The molecule has 1 saturated heterocycles. The quantitative estimate of drug-likeness (QED) is 0.120. The van der Waals surface area contributed by atoms with Crippen molar-refractivity contribution in [1.29, 1.82) is 0 Å². The highest BCUT2D eigenvalue weighted by Crippen LogP contribution is 2.25. The van der Waals surface area contributed by atoms with Gasteiger partial charge in [-0.1, -0.05) is 45.9 Å².